The van der Waals surface area contributed by atoms with Crippen LogP contribution in [0.4, 0.5) is 0 Å². The quantitative estimate of drug-likeness (QED) is 0.834. The van der Waals surface area contributed by atoms with Gasteiger partial charge in [-0.05, 0) is 32.2 Å². The van der Waals surface area contributed by atoms with Crippen molar-refractivity contribution in [2.75, 3.05) is 13.1 Å². The van der Waals surface area contributed by atoms with E-state index in [1.54, 1.807) is 12.7 Å². The van der Waals surface area contributed by atoms with Gasteiger partial charge in [-0.3, -0.25) is 9.58 Å². The van der Waals surface area contributed by atoms with Gasteiger partial charge in [-0.1, -0.05) is 12.1 Å². The van der Waals surface area contributed by atoms with Crippen LogP contribution in [0.15, 0.2) is 17.2 Å². The molecule has 2 atom stereocenters. The first-order valence-corrected chi connectivity index (χ1v) is 7.65. The van der Waals surface area contributed by atoms with E-state index in [9.17, 15) is 0 Å². The molecule has 2 unspecified atom stereocenters. The van der Waals surface area contributed by atoms with E-state index < -0.39 is 0 Å². The summed E-state index contributed by atoms with van der Waals surface area (Å²) in [5.41, 5.74) is 0. The zero-order chi connectivity index (χ0) is 14.7. The first kappa shape index (κ1) is 14.2. The molecule has 7 nitrogen and oxygen atoms in total. The van der Waals surface area contributed by atoms with Crippen LogP contribution in [0, 0.1) is 5.92 Å². The molecular weight excluding hydrogens is 268 g/mol. The van der Waals surface area contributed by atoms with E-state index in [4.69, 9.17) is 4.52 Å². The molecule has 1 aliphatic heterocycles. The van der Waals surface area contributed by atoms with Gasteiger partial charge in [0.15, 0.2) is 5.82 Å². The van der Waals surface area contributed by atoms with Gasteiger partial charge in [0.25, 0.3) is 0 Å². The van der Waals surface area contributed by atoms with Gasteiger partial charge >= 0.3 is 0 Å². The lowest BCUT2D eigenvalue weighted by Crippen LogP contribution is -2.38. The molecular formula is C14H22N6O. The Kier molecular flexibility index (Phi) is 4.28. The number of likely N-dealkylation sites (tertiary alicyclic amines) is 1. The fourth-order valence-corrected chi connectivity index (χ4v) is 2.93. The minimum atomic E-state index is 0.177. The second kappa shape index (κ2) is 6.34. The predicted octanol–water partition coefficient (Wildman–Crippen LogP) is 1.70. The summed E-state index contributed by atoms with van der Waals surface area (Å²) in [5, 5.41) is 8.19. The van der Waals surface area contributed by atoms with Gasteiger partial charge < -0.3 is 4.52 Å². The number of rotatable bonds is 5. The topological polar surface area (TPSA) is 72.9 Å². The summed E-state index contributed by atoms with van der Waals surface area (Å²) >= 11 is 0. The molecule has 0 saturated carbocycles. The first-order chi connectivity index (χ1) is 10.3. The molecule has 3 heterocycles. The molecule has 3 rings (SSSR count). The lowest BCUT2D eigenvalue weighted by Gasteiger charge is -2.35. The van der Waals surface area contributed by atoms with Gasteiger partial charge in [-0.2, -0.15) is 10.1 Å². The molecule has 7 heteroatoms. The van der Waals surface area contributed by atoms with Crippen molar-refractivity contribution in [2.24, 2.45) is 5.92 Å². The summed E-state index contributed by atoms with van der Waals surface area (Å²) in [4.78, 5) is 10.9. The Morgan fingerprint density at radius 1 is 1.48 bits per heavy atom. The van der Waals surface area contributed by atoms with Crippen molar-refractivity contribution in [1.29, 1.82) is 0 Å². The van der Waals surface area contributed by atoms with Crippen LogP contribution in [0.25, 0.3) is 0 Å². The minimum Gasteiger partial charge on any atom is -0.338 e. The standard InChI is InChI=1S/C14H22N6O/c1-3-13-17-14(21-18-13)11(2)19-6-4-5-12(7-19)8-20-10-15-9-16-20/h9-12H,3-8H2,1-2H3. The number of nitrogens with zero attached hydrogens (tertiary/aromatic N) is 6. The zero-order valence-electron chi connectivity index (χ0n) is 12.6. The molecule has 0 spiro atoms. The third-order valence-corrected chi connectivity index (χ3v) is 4.17. The molecule has 1 saturated heterocycles. The maximum Gasteiger partial charge on any atom is 0.243 e. The maximum atomic E-state index is 5.38. The molecule has 21 heavy (non-hydrogen) atoms. The lowest BCUT2D eigenvalue weighted by molar-refractivity contribution is 0.102. The van der Waals surface area contributed by atoms with E-state index in [-0.39, 0.29) is 6.04 Å². The van der Waals surface area contributed by atoms with E-state index >= 15 is 0 Å². The highest BCUT2D eigenvalue weighted by Gasteiger charge is 2.27. The Hall–Kier alpha value is -1.76. The Morgan fingerprint density at radius 3 is 3.10 bits per heavy atom. The summed E-state index contributed by atoms with van der Waals surface area (Å²) in [6, 6.07) is 0.177. The average molecular weight is 290 g/mol. The number of aryl methyl sites for hydroxylation is 1. The molecule has 0 aromatic carbocycles. The smallest absolute Gasteiger partial charge is 0.243 e. The second-order valence-corrected chi connectivity index (χ2v) is 5.70. The highest BCUT2D eigenvalue weighted by Crippen LogP contribution is 2.26. The van der Waals surface area contributed by atoms with Crippen molar-refractivity contribution in [1.82, 2.24) is 29.8 Å². The van der Waals surface area contributed by atoms with Crippen molar-refractivity contribution in [3.8, 4) is 0 Å². The van der Waals surface area contributed by atoms with Crippen LogP contribution in [0.5, 0.6) is 0 Å². The molecule has 1 fully saturated rings. The number of aromatic nitrogens is 5. The molecule has 0 radical (unpaired) electrons. The second-order valence-electron chi connectivity index (χ2n) is 5.70. The van der Waals surface area contributed by atoms with E-state index in [2.05, 4.69) is 32.0 Å². The van der Waals surface area contributed by atoms with Crippen LogP contribution < -0.4 is 0 Å². The van der Waals surface area contributed by atoms with Crippen molar-refractivity contribution >= 4 is 0 Å². The Bertz CT molecular complexity index is 552. The van der Waals surface area contributed by atoms with E-state index in [0.29, 0.717) is 5.92 Å². The Morgan fingerprint density at radius 2 is 2.38 bits per heavy atom. The van der Waals surface area contributed by atoms with E-state index in [1.807, 2.05) is 11.6 Å². The number of hydrogen-bond acceptors (Lipinski definition) is 6. The van der Waals surface area contributed by atoms with Gasteiger partial charge in [0.2, 0.25) is 5.89 Å². The summed E-state index contributed by atoms with van der Waals surface area (Å²) in [5.74, 6) is 2.11. The third-order valence-electron chi connectivity index (χ3n) is 4.17. The van der Waals surface area contributed by atoms with Crippen LogP contribution >= 0.6 is 0 Å². The van der Waals surface area contributed by atoms with Crippen molar-refractivity contribution in [3.05, 3.63) is 24.4 Å². The molecule has 0 N–H and O–H groups in total. The number of hydrogen-bond donors (Lipinski definition) is 0. The van der Waals surface area contributed by atoms with Gasteiger partial charge in [-0.25, -0.2) is 4.98 Å². The van der Waals surface area contributed by atoms with Gasteiger partial charge in [0.1, 0.15) is 12.7 Å². The van der Waals surface area contributed by atoms with Crippen LogP contribution in [0.2, 0.25) is 0 Å². The molecule has 0 aliphatic carbocycles. The van der Waals surface area contributed by atoms with Crippen molar-refractivity contribution in [3.63, 3.8) is 0 Å². The summed E-state index contributed by atoms with van der Waals surface area (Å²) in [7, 11) is 0. The minimum absolute atomic E-state index is 0.177. The molecule has 2 aromatic heterocycles. The molecule has 1 aliphatic rings. The SMILES string of the molecule is CCc1noc(C(C)N2CCCC(Cn3cncn3)C2)n1. The molecule has 0 bridgehead atoms. The number of piperidine rings is 1. The van der Waals surface area contributed by atoms with Crippen LogP contribution in [-0.2, 0) is 13.0 Å². The average Bonchev–Trinajstić information content (AvgIpc) is 3.17. The summed E-state index contributed by atoms with van der Waals surface area (Å²) in [6.45, 7) is 7.22. The van der Waals surface area contributed by atoms with Crippen molar-refractivity contribution in [2.45, 2.75) is 45.7 Å². The highest BCUT2D eigenvalue weighted by atomic mass is 16.5. The van der Waals surface area contributed by atoms with Crippen LogP contribution in [-0.4, -0.2) is 42.9 Å². The van der Waals surface area contributed by atoms with E-state index in [1.165, 1.54) is 12.8 Å². The normalized spacial score (nSPS) is 21.5. The van der Waals surface area contributed by atoms with Gasteiger partial charge in [-0.15, -0.1) is 0 Å². The van der Waals surface area contributed by atoms with E-state index in [0.717, 1.165) is 37.8 Å². The first-order valence-electron chi connectivity index (χ1n) is 7.65. The van der Waals surface area contributed by atoms with Crippen molar-refractivity contribution < 1.29 is 4.52 Å². The summed E-state index contributed by atoms with van der Waals surface area (Å²) < 4.78 is 7.30. The Labute approximate surface area is 124 Å². The highest BCUT2D eigenvalue weighted by molar-refractivity contribution is 4.93. The Balaban J connectivity index is 1.62. The fraction of sp³-hybridized carbons (Fsp3) is 0.714. The van der Waals surface area contributed by atoms with Gasteiger partial charge in [0.05, 0.1) is 6.04 Å². The van der Waals surface area contributed by atoms with Crippen LogP contribution in [0.3, 0.4) is 0 Å². The third kappa shape index (κ3) is 3.29. The fourth-order valence-electron chi connectivity index (χ4n) is 2.93. The molecule has 0 amide bonds. The van der Waals surface area contributed by atoms with Gasteiger partial charge in [0, 0.05) is 19.5 Å². The largest absolute Gasteiger partial charge is 0.338 e. The monoisotopic (exact) mass is 290 g/mol. The molecule has 2 aromatic rings. The van der Waals surface area contributed by atoms with Crippen LogP contribution in [0.1, 0.15) is 44.4 Å². The summed E-state index contributed by atoms with van der Waals surface area (Å²) in [6.07, 6.45) is 6.61. The zero-order valence-corrected chi connectivity index (χ0v) is 12.6. The maximum absolute atomic E-state index is 5.38. The predicted molar refractivity (Wildman–Crippen MR) is 76.4 cm³/mol. The lowest BCUT2D eigenvalue weighted by atomic mass is 9.97. The molecule has 114 valence electrons.